The van der Waals surface area contributed by atoms with Gasteiger partial charge in [0.1, 0.15) is 11.7 Å². The van der Waals surface area contributed by atoms with Gasteiger partial charge in [-0.3, -0.25) is 9.36 Å². The number of hydrogen-bond acceptors (Lipinski definition) is 3. The number of benzene rings is 1. The molecular weight excluding hydrogens is 403 g/mol. The molecule has 28 heavy (non-hydrogen) atoms. The summed E-state index contributed by atoms with van der Waals surface area (Å²) in [5.41, 5.74) is 0.0591. The maximum atomic E-state index is 12.4. The van der Waals surface area contributed by atoms with Crippen molar-refractivity contribution in [2.24, 2.45) is 5.92 Å². The number of carboxylic acids is 1. The third-order valence-corrected chi connectivity index (χ3v) is 5.33. The van der Waals surface area contributed by atoms with Crippen molar-refractivity contribution < 1.29 is 29.0 Å². The molecule has 1 rings (SSSR count). The minimum absolute atomic E-state index is 0. The molecule has 7 nitrogen and oxygen atoms in total. The van der Waals surface area contributed by atoms with Gasteiger partial charge >= 0.3 is 72.7 Å². The molecule has 0 aliphatic heterocycles. The van der Waals surface area contributed by atoms with Gasteiger partial charge in [0.15, 0.2) is 0 Å². The van der Waals surface area contributed by atoms with E-state index in [0.29, 0.717) is 11.5 Å². The monoisotopic (exact) mass is 433 g/mol. The number of amides is 1. The fourth-order valence-electron chi connectivity index (χ4n) is 2.59. The predicted molar refractivity (Wildman–Crippen MR) is 113 cm³/mol. The van der Waals surface area contributed by atoms with E-state index in [0.717, 1.165) is 5.56 Å². The Morgan fingerprint density at radius 2 is 1.54 bits per heavy atom. The summed E-state index contributed by atoms with van der Waals surface area (Å²) in [6, 6.07) is 5.99. The molecule has 1 amide bonds. The van der Waals surface area contributed by atoms with Crippen LogP contribution in [-0.2, 0) is 20.6 Å². The van der Waals surface area contributed by atoms with E-state index in [9.17, 15) is 29.0 Å². The van der Waals surface area contributed by atoms with Crippen LogP contribution in [0.2, 0.25) is 0 Å². The van der Waals surface area contributed by atoms with Crippen molar-refractivity contribution in [3.8, 4) is 0 Å². The molecule has 0 aromatic heterocycles. The maximum absolute atomic E-state index is 12.4. The standard InChI is InChI=1S/C18H28NO6P.2Na.2H/c1-11(2)9-15(18(21)22)19-17(20)16(26(23,24)25)10-13-5-7-14(8-6-13)12(3)4;;;;/h5-8,11-12,15-16H,9-10H2,1-4H3,(H,19,20)(H,21,22)(H2,23,24,25);;;;/t15-,16?;;;;/m0..../s1. The van der Waals surface area contributed by atoms with E-state index in [1.54, 1.807) is 26.0 Å². The van der Waals surface area contributed by atoms with Gasteiger partial charge < -0.3 is 20.2 Å². The van der Waals surface area contributed by atoms with Crippen LogP contribution in [0.3, 0.4) is 0 Å². The van der Waals surface area contributed by atoms with Crippen LogP contribution in [0.5, 0.6) is 0 Å². The number of hydrogen-bond donors (Lipinski definition) is 4. The quantitative estimate of drug-likeness (QED) is 0.343. The van der Waals surface area contributed by atoms with Crippen molar-refractivity contribution >= 4 is 78.6 Å². The normalized spacial score (nSPS) is 13.3. The molecule has 4 N–H and O–H groups in total. The first-order chi connectivity index (χ1) is 11.9. The molecule has 0 spiro atoms. The van der Waals surface area contributed by atoms with E-state index < -0.39 is 31.2 Å². The van der Waals surface area contributed by atoms with Gasteiger partial charge in [-0.1, -0.05) is 52.0 Å². The molecule has 10 heteroatoms. The van der Waals surface area contributed by atoms with Crippen molar-refractivity contribution in [1.29, 1.82) is 0 Å². The Kier molecular flexibility index (Phi) is 14.8. The number of carbonyl (C=O) groups is 2. The zero-order valence-electron chi connectivity index (χ0n) is 15.5. The molecule has 0 bridgehead atoms. The second-order valence-electron chi connectivity index (χ2n) is 7.23. The Bertz CT molecular complexity index is 675. The fraction of sp³-hybridized carbons (Fsp3) is 0.556. The molecule has 0 saturated heterocycles. The summed E-state index contributed by atoms with van der Waals surface area (Å²) < 4.78 is 11.8. The third-order valence-electron chi connectivity index (χ3n) is 4.11. The number of carboxylic acid groups (broad SMARTS) is 1. The molecular formula is C18H30NNa2O6P. The van der Waals surface area contributed by atoms with Crippen LogP contribution in [-0.4, -0.2) is 97.6 Å². The summed E-state index contributed by atoms with van der Waals surface area (Å²) in [6.45, 7) is 7.67. The average Bonchev–Trinajstić information content (AvgIpc) is 2.50. The molecule has 0 aliphatic carbocycles. The van der Waals surface area contributed by atoms with E-state index in [1.807, 2.05) is 26.0 Å². The van der Waals surface area contributed by atoms with E-state index >= 15 is 0 Å². The first-order valence-electron chi connectivity index (χ1n) is 8.59. The molecule has 0 fully saturated rings. The van der Waals surface area contributed by atoms with Crippen LogP contribution >= 0.6 is 7.60 Å². The number of aliphatic carboxylic acids is 1. The summed E-state index contributed by atoms with van der Waals surface area (Å²) in [5.74, 6) is -1.84. The number of rotatable bonds is 9. The summed E-state index contributed by atoms with van der Waals surface area (Å²) >= 11 is 0. The summed E-state index contributed by atoms with van der Waals surface area (Å²) in [7, 11) is -4.75. The molecule has 0 saturated carbocycles. The van der Waals surface area contributed by atoms with Gasteiger partial charge in [0.05, 0.1) is 0 Å². The van der Waals surface area contributed by atoms with Crippen molar-refractivity contribution in [3.05, 3.63) is 35.4 Å². The zero-order chi connectivity index (χ0) is 20.1. The van der Waals surface area contributed by atoms with Crippen LogP contribution in [0.15, 0.2) is 24.3 Å². The second-order valence-corrected chi connectivity index (χ2v) is 9.04. The molecule has 150 valence electrons. The van der Waals surface area contributed by atoms with E-state index in [2.05, 4.69) is 5.32 Å². The van der Waals surface area contributed by atoms with Crippen molar-refractivity contribution in [3.63, 3.8) is 0 Å². The molecule has 0 aliphatic rings. The van der Waals surface area contributed by atoms with Crippen LogP contribution in [0.1, 0.15) is 51.2 Å². The van der Waals surface area contributed by atoms with Gasteiger partial charge in [-0.05, 0) is 35.8 Å². The molecule has 1 aromatic rings. The Labute approximate surface area is 210 Å². The topological polar surface area (TPSA) is 124 Å². The first-order valence-corrected chi connectivity index (χ1v) is 10.3. The van der Waals surface area contributed by atoms with Crippen molar-refractivity contribution in [2.75, 3.05) is 0 Å². The van der Waals surface area contributed by atoms with Crippen LogP contribution in [0, 0.1) is 5.92 Å². The van der Waals surface area contributed by atoms with Gasteiger partial charge in [0.25, 0.3) is 0 Å². The Morgan fingerprint density at radius 1 is 1.04 bits per heavy atom. The number of carbonyl (C=O) groups excluding carboxylic acids is 1. The van der Waals surface area contributed by atoms with Gasteiger partial charge in [0, 0.05) is 0 Å². The summed E-state index contributed by atoms with van der Waals surface area (Å²) in [4.78, 5) is 42.9. The Morgan fingerprint density at radius 3 is 1.89 bits per heavy atom. The van der Waals surface area contributed by atoms with E-state index in [1.165, 1.54) is 0 Å². The summed E-state index contributed by atoms with van der Waals surface area (Å²) in [6.07, 6.45) is 0.0144. The molecule has 1 unspecified atom stereocenters. The fourth-order valence-corrected chi connectivity index (χ4v) is 3.42. The first kappa shape index (κ1) is 30.5. The van der Waals surface area contributed by atoms with E-state index in [-0.39, 0.29) is 77.9 Å². The third kappa shape index (κ3) is 10.4. The van der Waals surface area contributed by atoms with Gasteiger partial charge in [-0.2, -0.15) is 0 Å². The predicted octanol–water partition coefficient (Wildman–Crippen LogP) is 1.22. The Hall–Kier alpha value is 0.310. The van der Waals surface area contributed by atoms with Crippen LogP contribution in [0.25, 0.3) is 0 Å². The molecule has 0 radical (unpaired) electrons. The Balaban J connectivity index is 0. The molecule has 2 atom stereocenters. The van der Waals surface area contributed by atoms with E-state index in [4.69, 9.17) is 0 Å². The van der Waals surface area contributed by atoms with Crippen molar-refractivity contribution in [1.82, 2.24) is 5.32 Å². The van der Waals surface area contributed by atoms with Gasteiger partial charge in [-0.25, -0.2) is 4.79 Å². The van der Waals surface area contributed by atoms with Crippen molar-refractivity contribution in [2.45, 2.75) is 58.2 Å². The second kappa shape index (κ2) is 13.6. The van der Waals surface area contributed by atoms with Gasteiger partial charge in [-0.15, -0.1) is 0 Å². The molecule has 0 heterocycles. The minimum atomic E-state index is -4.75. The average molecular weight is 433 g/mol. The SMILES string of the molecule is CC(C)C[C@H](NC(=O)C(Cc1ccc(C(C)C)cc1)P(=O)(O)O)C(=O)O.[NaH].[NaH]. The van der Waals surface area contributed by atoms with Crippen LogP contribution < -0.4 is 5.32 Å². The van der Waals surface area contributed by atoms with Gasteiger partial charge in [0.2, 0.25) is 5.91 Å². The van der Waals surface area contributed by atoms with Crippen LogP contribution in [0.4, 0.5) is 0 Å². The summed E-state index contributed by atoms with van der Waals surface area (Å²) in [5, 5.41) is 11.5. The molecule has 1 aromatic carbocycles. The number of nitrogens with one attached hydrogen (secondary N) is 1. The zero-order valence-corrected chi connectivity index (χ0v) is 16.4.